The maximum absolute atomic E-state index is 13.5. The van der Waals surface area contributed by atoms with E-state index in [1.165, 1.54) is 0 Å². The molecule has 1 atom stereocenters. The van der Waals surface area contributed by atoms with E-state index in [0.29, 0.717) is 6.42 Å². The second-order valence-corrected chi connectivity index (χ2v) is 5.55. The minimum absolute atomic E-state index is 0.171. The highest BCUT2D eigenvalue weighted by molar-refractivity contribution is 9.09. The summed E-state index contributed by atoms with van der Waals surface area (Å²) in [5.74, 6) is -12.0. The van der Waals surface area contributed by atoms with E-state index in [1.807, 2.05) is 13.8 Å². The van der Waals surface area contributed by atoms with E-state index in [2.05, 4.69) is 21.2 Å². The summed E-state index contributed by atoms with van der Waals surface area (Å²) in [4.78, 5) is 11.8. The van der Waals surface area contributed by atoms with Crippen LogP contribution in [-0.4, -0.2) is 17.3 Å². The third-order valence-electron chi connectivity index (χ3n) is 2.71. The van der Waals surface area contributed by atoms with Gasteiger partial charge in [-0.1, -0.05) is 29.8 Å². The predicted molar refractivity (Wildman–Crippen MR) is 70.7 cm³/mol. The molecule has 21 heavy (non-hydrogen) atoms. The number of halogens is 6. The first-order chi connectivity index (χ1) is 9.70. The van der Waals surface area contributed by atoms with Crippen molar-refractivity contribution in [3.63, 3.8) is 0 Å². The summed E-state index contributed by atoms with van der Waals surface area (Å²) in [5.41, 5.74) is -1.47. The maximum atomic E-state index is 13.5. The van der Waals surface area contributed by atoms with Crippen LogP contribution in [0, 0.1) is 35.0 Å². The van der Waals surface area contributed by atoms with Gasteiger partial charge in [-0.15, -0.1) is 0 Å². The van der Waals surface area contributed by atoms with Crippen molar-refractivity contribution >= 4 is 21.8 Å². The summed E-state index contributed by atoms with van der Waals surface area (Å²) in [6, 6.07) is -0.493. The Morgan fingerprint density at radius 3 is 1.81 bits per heavy atom. The van der Waals surface area contributed by atoms with Gasteiger partial charge in [0.1, 0.15) is 5.56 Å². The summed E-state index contributed by atoms with van der Waals surface area (Å²) >= 11 is 3.11. The van der Waals surface area contributed by atoms with E-state index in [9.17, 15) is 26.7 Å². The molecule has 0 radical (unpaired) electrons. The summed E-state index contributed by atoms with van der Waals surface area (Å²) in [6.07, 6.45) is 0.479. The van der Waals surface area contributed by atoms with Gasteiger partial charge in [-0.05, 0) is 12.3 Å². The summed E-state index contributed by atoms with van der Waals surface area (Å²) in [6.45, 7) is 3.72. The van der Waals surface area contributed by atoms with E-state index < -0.39 is 46.6 Å². The van der Waals surface area contributed by atoms with Crippen LogP contribution in [-0.2, 0) is 0 Å². The van der Waals surface area contributed by atoms with Gasteiger partial charge < -0.3 is 5.32 Å². The molecule has 0 fully saturated rings. The lowest BCUT2D eigenvalue weighted by atomic mass is 10.0. The largest absolute Gasteiger partial charge is 0.348 e. The van der Waals surface area contributed by atoms with Crippen molar-refractivity contribution in [2.45, 2.75) is 26.3 Å². The first kappa shape index (κ1) is 17.9. The zero-order chi connectivity index (χ0) is 16.3. The number of hydrogen-bond acceptors (Lipinski definition) is 1. The third kappa shape index (κ3) is 3.93. The van der Waals surface area contributed by atoms with Crippen LogP contribution in [0.2, 0.25) is 0 Å². The molecule has 0 heterocycles. The minimum atomic E-state index is -2.29. The summed E-state index contributed by atoms with van der Waals surface area (Å²) in [5, 5.41) is 2.53. The van der Waals surface area contributed by atoms with Crippen LogP contribution in [0.25, 0.3) is 0 Å². The molecule has 1 rings (SSSR count). The molecule has 0 aliphatic rings. The fourth-order valence-electron chi connectivity index (χ4n) is 1.79. The van der Waals surface area contributed by atoms with Gasteiger partial charge in [0, 0.05) is 11.4 Å². The molecule has 2 nitrogen and oxygen atoms in total. The number of amides is 1. The molecule has 0 saturated heterocycles. The number of carbonyl (C=O) groups excluding carboxylic acids is 1. The average Bonchev–Trinajstić information content (AvgIpc) is 2.42. The van der Waals surface area contributed by atoms with Gasteiger partial charge in [0.2, 0.25) is 5.82 Å². The number of carbonyl (C=O) groups is 1. The molecule has 1 unspecified atom stereocenters. The van der Waals surface area contributed by atoms with Crippen molar-refractivity contribution in [3.05, 3.63) is 34.6 Å². The van der Waals surface area contributed by atoms with Gasteiger partial charge in [-0.3, -0.25) is 4.79 Å². The fraction of sp³-hybridized carbons (Fsp3) is 0.462. The highest BCUT2D eigenvalue weighted by Crippen LogP contribution is 2.23. The van der Waals surface area contributed by atoms with Crippen LogP contribution in [0.1, 0.15) is 30.6 Å². The Balaban J connectivity index is 3.14. The first-order valence-electron chi connectivity index (χ1n) is 6.08. The van der Waals surface area contributed by atoms with E-state index in [-0.39, 0.29) is 11.2 Å². The van der Waals surface area contributed by atoms with Crippen LogP contribution < -0.4 is 5.32 Å². The zero-order valence-corrected chi connectivity index (χ0v) is 12.8. The van der Waals surface area contributed by atoms with Gasteiger partial charge in [-0.2, -0.15) is 0 Å². The zero-order valence-electron chi connectivity index (χ0n) is 11.2. The average molecular weight is 374 g/mol. The summed E-state index contributed by atoms with van der Waals surface area (Å²) < 4.78 is 65.9. The lowest BCUT2D eigenvalue weighted by Crippen LogP contribution is -2.38. The molecule has 1 N–H and O–H groups in total. The molecule has 0 spiro atoms. The number of alkyl halides is 1. The van der Waals surface area contributed by atoms with Crippen molar-refractivity contribution in [1.29, 1.82) is 0 Å². The van der Waals surface area contributed by atoms with E-state index >= 15 is 0 Å². The molecule has 1 aromatic carbocycles. The van der Waals surface area contributed by atoms with Gasteiger partial charge in [0.25, 0.3) is 5.91 Å². The molecule has 118 valence electrons. The minimum Gasteiger partial charge on any atom is -0.348 e. The standard InChI is InChI=1S/C13H13BrF5NO/c1-5(2)3-6(4-14)20-13(21)7-8(15)10(17)12(19)11(18)9(7)16/h5-6H,3-4H2,1-2H3,(H,20,21). The lowest BCUT2D eigenvalue weighted by molar-refractivity contribution is 0.0925. The second kappa shape index (κ2) is 7.20. The number of benzene rings is 1. The SMILES string of the molecule is CC(C)CC(CBr)NC(=O)c1c(F)c(F)c(F)c(F)c1F. The van der Waals surface area contributed by atoms with Gasteiger partial charge in [0.05, 0.1) is 0 Å². The Kier molecular flexibility index (Phi) is 6.12. The van der Waals surface area contributed by atoms with Crippen molar-refractivity contribution in [2.24, 2.45) is 5.92 Å². The molecule has 0 aliphatic carbocycles. The molecule has 0 saturated carbocycles. The van der Waals surface area contributed by atoms with E-state index in [4.69, 9.17) is 0 Å². The molecular weight excluding hydrogens is 361 g/mol. The maximum Gasteiger partial charge on any atom is 0.257 e. The van der Waals surface area contributed by atoms with Crippen molar-refractivity contribution < 1.29 is 26.7 Å². The van der Waals surface area contributed by atoms with Crippen molar-refractivity contribution in [1.82, 2.24) is 5.32 Å². The third-order valence-corrected chi connectivity index (χ3v) is 3.50. The molecular formula is C13H13BrF5NO. The predicted octanol–water partition coefficient (Wildman–Crippen LogP) is 3.92. The van der Waals surface area contributed by atoms with Gasteiger partial charge in [-0.25, -0.2) is 22.0 Å². The number of hydrogen-bond donors (Lipinski definition) is 1. The van der Waals surface area contributed by atoms with Crippen LogP contribution >= 0.6 is 15.9 Å². The lowest BCUT2D eigenvalue weighted by Gasteiger charge is -2.18. The van der Waals surface area contributed by atoms with Crippen LogP contribution in [0.15, 0.2) is 0 Å². The highest BCUT2D eigenvalue weighted by atomic mass is 79.9. The number of nitrogens with one attached hydrogen (secondary N) is 1. The molecule has 8 heteroatoms. The van der Waals surface area contributed by atoms with E-state index in [0.717, 1.165) is 0 Å². The summed E-state index contributed by atoms with van der Waals surface area (Å²) in [7, 11) is 0. The van der Waals surface area contributed by atoms with Crippen molar-refractivity contribution in [3.8, 4) is 0 Å². The molecule has 0 aliphatic heterocycles. The van der Waals surface area contributed by atoms with Crippen molar-refractivity contribution in [2.75, 3.05) is 5.33 Å². The molecule has 1 amide bonds. The molecule has 0 aromatic heterocycles. The Hall–Kier alpha value is -1.18. The van der Waals surface area contributed by atoms with Crippen LogP contribution in [0.3, 0.4) is 0 Å². The fourth-order valence-corrected chi connectivity index (χ4v) is 2.22. The highest BCUT2D eigenvalue weighted by Gasteiger charge is 2.30. The Morgan fingerprint density at radius 2 is 1.43 bits per heavy atom. The Labute approximate surface area is 126 Å². The first-order valence-corrected chi connectivity index (χ1v) is 7.21. The van der Waals surface area contributed by atoms with Gasteiger partial charge >= 0.3 is 0 Å². The molecule has 0 bridgehead atoms. The monoisotopic (exact) mass is 373 g/mol. The van der Waals surface area contributed by atoms with Crippen LogP contribution in [0.4, 0.5) is 22.0 Å². The van der Waals surface area contributed by atoms with Crippen LogP contribution in [0.5, 0.6) is 0 Å². The van der Waals surface area contributed by atoms with Gasteiger partial charge in [0.15, 0.2) is 23.3 Å². The Morgan fingerprint density at radius 1 is 1.00 bits per heavy atom. The van der Waals surface area contributed by atoms with E-state index in [1.54, 1.807) is 0 Å². The number of rotatable bonds is 5. The Bertz CT molecular complexity index is 521. The quantitative estimate of drug-likeness (QED) is 0.360. The normalized spacial score (nSPS) is 12.6. The second-order valence-electron chi connectivity index (χ2n) is 4.90. The topological polar surface area (TPSA) is 29.1 Å². The smallest absolute Gasteiger partial charge is 0.257 e. The molecule has 1 aromatic rings.